The molecule has 2 fully saturated rings. The lowest BCUT2D eigenvalue weighted by Crippen LogP contribution is -2.57. The Morgan fingerprint density at radius 2 is 1.65 bits per heavy atom. The zero-order valence-electron chi connectivity index (χ0n) is 30.0. The van der Waals surface area contributed by atoms with E-state index in [0.717, 1.165) is 0 Å². The predicted molar refractivity (Wildman–Crippen MR) is 196 cm³/mol. The molecule has 5 heterocycles. The third-order valence-electron chi connectivity index (χ3n) is 11.4. The number of hydrogen-bond acceptors (Lipinski definition) is 9. The summed E-state index contributed by atoms with van der Waals surface area (Å²) < 4.78 is 14.6. The maximum atomic E-state index is 15.3. The third kappa shape index (κ3) is 5.87. The van der Waals surface area contributed by atoms with Gasteiger partial charge in [-0.25, -0.2) is 4.68 Å². The molecule has 8 rings (SSSR count). The van der Waals surface area contributed by atoms with Gasteiger partial charge in [0.2, 0.25) is 11.8 Å². The first-order valence-electron chi connectivity index (χ1n) is 18.3. The van der Waals surface area contributed by atoms with Crippen LogP contribution in [0.3, 0.4) is 0 Å². The van der Waals surface area contributed by atoms with Crippen LogP contribution in [0.15, 0.2) is 109 Å². The van der Waals surface area contributed by atoms with E-state index in [4.69, 9.17) is 9.47 Å². The molecule has 4 aromatic rings. The number of amides is 3. The number of carbonyl (C=O) groups is 4. The number of aliphatic hydroxyl groups excluding tert-OH is 1. The van der Waals surface area contributed by atoms with Gasteiger partial charge in [0, 0.05) is 20.0 Å². The number of hydrogen-bond donors (Lipinski definition) is 1. The molecule has 4 aliphatic heterocycles. The van der Waals surface area contributed by atoms with E-state index in [9.17, 15) is 14.7 Å². The highest BCUT2D eigenvalue weighted by atomic mass is 16.6. The predicted octanol–water partition coefficient (Wildman–Crippen LogP) is 3.58. The zero-order chi connectivity index (χ0) is 37.6. The molecule has 1 N–H and O–H groups in total. The minimum Gasteiger partial charge on any atom is -0.455 e. The Morgan fingerprint density at radius 1 is 0.926 bits per heavy atom. The first kappa shape index (κ1) is 35.4. The van der Waals surface area contributed by atoms with E-state index >= 15 is 9.59 Å². The van der Waals surface area contributed by atoms with Crippen molar-refractivity contribution in [3.05, 3.63) is 120 Å². The van der Waals surface area contributed by atoms with Crippen LogP contribution in [0.25, 0.3) is 11.0 Å². The van der Waals surface area contributed by atoms with Crippen LogP contribution in [0.4, 0.5) is 0 Å². The van der Waals surface area contributed by atoms with E-state index in [1.165, 1.54) is 4.90 Å². The number of esters is 1. The summed E-state index contributed by atoms with van der Waals surface area (Å²) in [5, 5.41) is 19.6. The Bertz CT molecular complexity index is 2120. The van der Waals surface area contributed by atoms with Gasteiger partial charge < -0.3 is 29.3 Å². The van der Waals surface area contributed by atoms with Crippen LogP contribution in [0.2, 0.25) is 0 Å². The van der Waals surface area contributed by atoms with Gasteiger partial charge in [0.1, 0.15) is 35.9 Å². The number of aromatic nitrogens is 3. The van der Waals surface area contributed by atoms with Crippen molar-refractivity contribution in [3.63, 3.8) is 0 Å². The van der Waals surface area contributed by atoms with Gasteiger partial charge in [-0.15, -0.1) is 5.10 Å². The Balaban J connectivity index is 1.25. The van der Waals surface area contributed by atoms with E-state index in [2.05, 4.69) is 10.3 Å². The standard InChI is InChI=1S/C41H42N6O7/c1-26-36(28-16-8-4-9-17-28)53-40(52)34-32-21-22-41(54-32)35(34)38(50)47(31(24-48)27-14-6-3-7-15-27)37(41)39(51)45(23-13-5-10-20-33(49)44(26)2)25-46-30-19-12-11-18-29(30)42-43-46/h3-9,11-19,21-22,26,31-32,34-37,48H,10,20,23-25H2,1-2H3/b13-5-/t26-,31+,32+,34-,35-,36+,37+,41-/m0/s1. The highest BCUT2D eigenvalue weighted by Crippen LogP contribution is 2.57. The van der Waals surface area contributed by atoms with Crippen LogP contribution in [0, 0.1) is 11.8 Å². The Kier molecular flexibility index (Phi) is 9.36. The van der Waals surface area contributed by atoms with Gasteiger partial charge in [0.25, 0.3) is 5.91 Å². The van der Waals surface area contributed by atoms with Crippen molar-refractivity contribution in [2.45, 2.75) is 62.4 Å². The summed E-state index contributed by atoms with van der Waals surface area (Å²) in [7, 11) is 1.69. The van der Waals surface area contributed by atoms with E-state index < -0.39 is 72.2 Å². The van der Waals surface area contributed by atoms with Crippen molar-refractivity contribution in [1.29, 1.82) is 0 Å². The molecule has 8 atom stereocenters. The molecule has 3 amide bonds. The second kappa shape index (κ2) is 14.3. The van der Waals surface area contributed by atoms with Gasteiger partial charge in [-0.05, 0) is 36.6 Å². The number of nitrogens with zero attached hydrogens (tertiary/aromatic N) is 6. The summed E-state index contributed by atoms with van der Waals surface area (Å²) in [6.45, 7) is 1.44. The molecule has 0 radical (unpaired) electrons. The molecule has 13 nitrogen and oxygen atoms in total. The fourth-order valence-electron chi connectivity index (χ4n) is 8.52. The van der Waals surface area contributed by atoms with Crippen LogP contribution in [0.5, 0.6) is 0 Å². The van der Waals surface area contributed by atoms with Crippen LogP contribution < -0.4 is 0 Å². The number of likely N-dealkylation sites (tertiary alicyclic amines) is 1. The first-order chi connectivity index (χ1) is 26.2. The maximum Gasteiger partial charge on any atom is 0.313 e. The largest absolute Gasteiger partial charge is 0.455 e. The summed E-state index contributed by atoms with van der Waals surface area (Å²) >= 11 is 0. The topological polar surface area (TPSA) is 147 Å². The molecule has 5 bridgehead atoms. The highest BCUT2D eigenvalue weighted by Gasteiger charge is 2.74. The van der Waals surface area contributed by atoms with Gasteiger partial charge in [0.15, 0.2) is 0 Å². The number of benzene rings is 3. The molecule has 1 aromatic heterocycles. The Labute approximate surface area is 312 Å². The maximum absolute atomic E-state index is 15.3. The summed E-state index contributed by atoms with van der Waals surface area (Å²) in [4.78, 5) is 63.0. The van der Waals surface area contributed by atoms with Crippen molar-refractivity contribution in [1.82, 2.24) is 29.7 Å². The molecule has 0 unspecified atom stereocenters. The molecule has 0 saturated carbocycles. The molecular weight excluding hydrogens is 688 g/mol. The molecule has 3 aromatic carbocycles. The zero-order valence-corrected chi connectivity index (χ0v) is 30.0. The average molecular weight is 731 g/mol. The monoisotopic (exact) mass is 730 g/mol. The molecule has 0 aliphatic carbocycles. The lowest BCUT2D eigenvalue weighted by Gasteiger charge is -2.38. The minimum atomic E-state index is -1.54. The van der Waals surface area contributed by atoms with Gasteiger partial charge in [0.05, 0.1) is 36.2 Å². The smallest absolute Gasteiger partial charge is 0.313 e. The van der Waals surface area contributed by atoms with Crippen LogP contribution in [-0.2, 0) is 35.3 Å². The second-order valence-corrected chi connectivity index (χ2v) is 14.4. The van der Waals surface area contributed by atoms with Gasteiger partial charge in [-0.1, -0.05) is 102 Å². The van der Waals surface area contributed by atoms with Gasteiger partial charge in [-0.2, -0.15) is 0 Å². The number of ether oxygens (including phenoxy) is 2. The molecule has 2 saturated heterocycles. The fourth-order valence-corrected chi connectivity index (χ4v) is 8.52. The first-order valence-corrected chi connectivity index (χ1v) is 18.3. The van der Waals surface area contributed by atoms with E-state index in [1.54, 1.807) is 57.9 Å². The lowest BCUT2D eigenvalue weighted by atomic mass is 9.74. The van der Waals surface area contributed by atoms with Crippen molar-refractivity contribution < 1.29 is 33.8 Å². The Hall–Kier alpha value is -5.66. The number of allylic oxidation sites excluding steroid dienone is 1. The number of carbonyl (C=O) groups excluding carboxylic acids is 4. The molecule has 278 valence electrons. The van der Waals surface area contributed by atoms with Crippen LogP contribution in [0.1, 0.15) is 43.0 Å². The third-order valence-corrected chi connectivity index (χ3v) is 11.4. The number of para-hydroxylation sites is 1. The quantitative estimate of drug-likeness (QED) is 0.232. The average Bonchev–Trinajstić information content (AvgIpc) is 3.96. The number of fused-ring (bicyclic) bond motifs is 3. The van der Waals surface area contributed by atoms with Crippen molar-refractivity contribution in [2.24, 2.45) is 11.8 Å². The molecule has 1 spiro atoms. The number of rotatable bonds is 6. The minimum absolute atomic E-state index is 0.0192. The van der Waals surface area contributed by atoms with Gasteiger partial charge in [-0.3, -0.25) is 19.2 Å². The van der Waals surface area contributed by atoms with E-state index in [1.807, 2.05) is 79.7 Å². The van der Waals surface area contributed by atoms with Crippen molar-refractivity contribution in [3.8, 4) is 0 Å². The molecular formula is C41H42N6O7. The summed E-state index contributed by atoms with van der Waals surface area (Å²) in [5.41, 5.74) is 1.15. The summed E-state index contributed by atoms with van der Waals surface area (Å²) in [6.07, 6.45) is 6.05. The van der Waals surface area contributed by atoms with E-state index in [0.29, 0.717) is 28.6 Å². The van der Waals surface area contributed by atoms with Gasteiger partial charge >= 0.3 is 5.97 Å². The number of likely N-dealkylation sites (N-methyl/N-ethyl adjacent to an activating group) is 1. The molecule has 54 heavy (non-hydrogen) atoms. The lowest BCUT2D eigenvalue weighted by molar-refractivity contribution is -0.164. The van der Waals surface area contributed by atoms with E-state index in [-0.39, 0.29) is 25.5 Å². The SMILES string of the molecule is C[C@H]1[C@H](c2ccccc2)OC(=O)[C@@H]2[C@H]3C(=O)N([C@H](CO)c4ccccc4)[C@H](C(=O)N(Cn4nnc5ccccc54)C/C=C\CCC(=O)N1C)[C@]31C=C[C@H]2O1. The number of aliphatic hydroxyl groups is 1. The van der Waals surface area contributed by atoms with Crippen molar-refractivity contribution >= 4 is 34.7 Å². The Morgan fingerprint density at radius 3 is 2.41 bits per heavy atom. The van der Waals surface area contributed by atoms with Crippen LogP contribution >= 0.6 is 0 Å². The second-order valence-electron chi connectivity index (χ2n) is 14.4. The fraction of sp³-hybridized carbons (Fsp3) is 0.366. The summed E-state index contributed by atoms with van der Waals surface area (Å²) in [6, 6.07) is 22.9. The number of cyclic esters (lactones) is 1. The van der Waals surface area contributed by atoms with Crippen LogP contribution in [-0.4, -0.2) is 102 Å². The molecule has 4 aliphatic rings. The normalized spacial score (nSPS) is 29.9. The molecule has 13 heteroatoms. The highest BCUT2D eigenvalue weighted by molar-refractivity contribution is 5.99. The van der Waals surface area contributed by atoms with Crippen molar-refractivity contribution in [2.75, 3.05) is 20.2 Å². The summed E-state index contributed by atoms with van der Waals surface area (Å²) in [5.74, 6) is -3.99.